The zero-order valence-electron chi connectivity index (χ0n) is 19.7. The number of hydrogen-bond donors (Lipinski definition) is 2. The number of amides is 4. The first-order chi connectivity index (χ1) is 17.5. The monoisotopic (exact) mass is 492 g/mol. The Balaban J connectivity index is 1.42. The number of piperazine rings is 1. The summed E-state index contributed by atoms with van der Waals surface area (Å²) in [5, 5.41) is 2.84. The van der Waals surface area contributed by atoms with Gasteiger partial charge in [0.25, 0.3) is 0 Å². The van der Waals surface area contributed by atoms with E-state index in [1.807, 2.05) is 35.8 Å². The quantitative estimate of drug-likeness (QED) is 0.492. The molecule has 4 rings (SSSR count). The van der Waals surface area contributed by atoms with Crippen LogP contribution < -0.4 is 15.7 Å². The second-order valence-corrected chi connectivity index (χ2v) is 8.45. The smallest absolute Gasteiger partial charge is 0.441 e. The maximum Gasteiger partial charge on any atom is 0.441 e. The summed E-state index contributed by atoms with van der Waals surface area (Å²) >= 11 is 0. The minimum absolute atomic E-state index is 0.00210. The van der Waals surface area contributed by atoms with Gasteiger partial charge in [-0.1, -0.05) is 54.6 Å². The standard InChI is InChI=1S/C26H28N4O6/c31-23-17-29(26(34)36-28-25(33)35-18-20-10-5-3-6-11-20)16-22-24(32)27-14-7-2-1-4-9-19-12-8-13-21(15-19)30(22)23/h1-3,5-6,8,10-13,15,22H,4,7,9,14,16-18H2,(H,27,32)(H,28,33)/b2-1-. The van der Waals surface area contributed by atoms with Crippen molar-refractivity contribution in [1.82, 2.24) is 15.7 Å². The normalized spacial score (nSPS) is 18.9. The van der Waals surface area contributed by atoms with Crippen LogP contribution in [0, 0.1) is 0 Å². The van der Waals surface area contributed by atoms with Gasteiger partial charge < -0.3 is 14.9 Å². The Kier molecular flexibility index (Phi) is 8.17. The van der Waals surface area contributed by atoms with Crippen molar-refractivity contribution < 1.29 is 28.8 Å². The lowest BCUT2D eigenvalue weighted by molar-refractivity contribution is -0.129. The molecule has 1 saturated heterocycles. The van der Waals surface area contributed by atoms with E-state index < -0.39 is 24.1 Å². The molecule has 10 heteroatoms. The SMILES string of the molecule is O=C(NOC(=O)N1CC(=O)N2c3cccc(c3)CC/C=C\CCNC(=O)C2C1)OCc1ccccc1. The number of rotatable bonds is 2. The summed E-state index contributed by atoms with van der Waals surface area (Å²) in [6.45, 7) is -0.00502. The number of anilines is 1. The number of hydroxylamine groups is 1. The van der Waals surface area contributed by atoms with E-state index in [4.69, 9.17) is 9.57 Å². The number of nitrogens with one attached hydrogen (secondary N) is 2. The molecule has 0 saturated carbocycles. The van der Waals surface area contributed by atoms with E-state index in [1.165, 1.54) is 4.90 Å². The van der Waals surface area contributed by atoms with Crippen LogP contribution in [-0.2, 0) is 32.2 Å². The van der Waals surface area contributed by atoms with Gasteiger partial charge in [-0.2, -0.15) is 0 Å². The first kappa shape index (κ1) is 24.8. The Morgan fingerprint density at radius 1 is 1.03 bits per heavy atom. The topological polar surface area (TPSA) is 117 Å². The van der Waals surface area contributed by atoms with Crippen molar-refractivity contribution in [2.75, 3.05) is 24.5 Å². The molecule has 2 aliphatic rings. The number of allylic oxidation sites excluding steroid dienone is 1. The number of carbonyl (C=O) groups excluding carboxylic acids is 4. The Morgan fingerprint density at radius 2 is 1.83 bits per heavy atom. The van der Waals surface area contributed by atoms with Crippen LogP contribution in [0.3, 0.4) is 0 Å². The summed E-state index contributed by atoms with van der Waals surface area (Å²) in [5.41, 5.74) is 4.34. The van der Waals surface area contributed by atoms with Crippen LogP contribution in [0.25, 0.3) is 0 Å². The molecule has 0 aromatic heterocycles. The molecular formula is C26H28N4O6. The van der Waals surface area contributed by atoms with Gasteiger partial charge in [0.15, 0.2) is 0 Å². The van der Waals surface area contributed by atoms with E-state index in [1.54, 1.807) is 30.3 Å². The first-order valence-corrected chi connectivity index (χ1v) is 11.8. The number of nitrogens with zero attached hydrogens (tertiary/aromatic N) is 2. The number of benzene rings is 2. The molecule has 36 heavy (non-hydrogen) atoms. The minimum atomic E-state index is -0.966. The molecule has 2 bridgehead atoms. The zero-order valence-corrected chi connectivity index (χ0v) is 19.7. The lowest BCUT2D eigenvalue weighted by atomic mass is 10.1. The van der Waals surface area contributed by atoms with Crippen molar-refractivity contribution in [3.05, 3.63) is 77.9 Å². The lowest BCUT2D eigenvalue weighted by Gasteiger charge is -2.39. The lowest BCUT2D eigenvalue weighted by Crippen LogP contribution is -2.63. The van der Waals surface area contributed by atoms with Gasteiger partial charge in [0, 0.05) is 12.2 Å². The van der Waals surface area contributed by atoms with Crippen molar-refractivity contribution in [2.24, 2.45) is 0 Å². The molecule has 1 atom stereocenters. The molecule has 1 unspecified atom stereocenters. The molecule has 0 radical (unpaired) electrons. The summed E-state index contributed by atoms with van der Waals surface area (Å²) < 4.78 is 5.01. The summed E-state index contributed by atoms with van der Waals surface area (Å²) in [6, 6.07) is 15.6. The second kappa shape index (κ2) is 11.9. The van der Waals surface area contributed by atoms with Crippen molar-refractivity contribution in [2.45, 2.75) is 31.9 Å². The molecule has 0 spiro atoms. The third-order valence-electron chi connectivity index (χ3n) is 5.86. The van der Waals surface area contributed by atoms with Crippen molar-refractivity contribution >= 4 is 29.7 Å². The molecule has 1 fully saturated rings. The summed E-state index contributed by atoms with van der Waals surface area (Å²) in [7, 11) is 0. The average molecular weight is 493 g/mol. The van der Waals surface area contributed by atoms with Crippen molar-refractivity contribution in [1.29, 1.82) is 0 Å². The molecule has 2 aromatic rings. The maximum absolute atomic E-state index is 13.1. The summed E-state index contributed by atoms with van der Waals surface area (Å²) in [4.78, 5) is 58.1. The predicted molar refractivity (Wildman–Crippen MR) is 131 cm³/mol. The molecule has 10 nitrogen and oxygen atoms in total. The molecule has 188 valence electrons. The molecule has 4 amide bonds. The number of fused-ring (bicyclic) bond motifs is 4. The highest BCUT2D eigenvalue weighted by Crippen LogP contribution is 2.24. The first-order valence-electron chi connectivity index (χ1n) is 11.8. The van der Waals surface area contributed by atoms with Crippen LogP contribution in [0.4, 0.5) is 15.3 Å². The van der Waals surface area contributed by atoms with Crippen LogP contribution in [0.5, 0.6) is 0 Å². The van der Waals surface area contributed by atoms with E-state index >= 15 is 0 Å². The van der Waals surface area contributed by atoms with Gasteiger partial charge in [-0.3, -0.25) is 19.4 Å². The van der Waals surface area contributed by atoms with E-state index in [2.05, 4.69) is 11.4 Å². The third-order valence-corrected chi connectivity index (χ3v) is 5.86. The largest absolute Gasteiger partial charge is 0.443 e. The van der Waals surface area contributed by atoms with Gasteiger partial charge in [-0.25, -0.2) is 9.59 Å². The van der Waals surface area contributed by atoms with Crippen LogP contribution in [0.2, 0.25) is 0 Å². The highest BCUT2D eigenvalue weighted by atomic mass is 16.7. The van der Waals surface area contributed by atoms with Gasteiger partial charge in [-0.05, 0) is 42.5 Å². The molecule has 2 aromatic carbocycles. The molecule has 0 aliphatic carbocycles. The van der Waals surface area contributed by atoms with Gasteiger partial charge in [0.05, 0.1) is 6.54 Å². The van der Waals surface area contributed by atoms with E-state index in [9.17, 15) is 19.2 Å². The van der Waals surface area contributed by atoms with Crippen LogP contribution in [-0.4, -0.2) is 54.6 Å². The van der Waals surface area contributed by atoms with Gasteiger partial charge in [-0.15, -0.1) is 5.48 Å². The Hall–Kier alpha value is -4.34. The van der Waals surface area contributed by atoms with Crippen LogP contribution >= 0.6 is 0 Å². The molecular weight excluding hydrogens is 464 g/mol. The number of ether oxygens (including phenoxy) is 1. The number of aryl methyl sites for hydroxylation is 1. The fourth-order valence-electron chi connectivity index (χ4n) is 4.08. The van der Waals surface area contributed by atoms with Gasteiger partial charge >= 0.3 is 12.2 Å². The van der Waals surface area contributed by atoms with Gasteiger partial charge in [0.1, 0.15) is 19.2 Å². The Labute approximate surface area is 208 Å². The van der Waals surface area contributed by atoms with E-state index in [0.717, 1.165) is 28.9 Å². The Morgan fingerprint density at radius 3 is 2.67 bits per heavy atom. The fraction of sp³-hybridized carbons (Fsp3) is 0.308. The summed E-state index contributed by atoms with van der Waals surface area (Å²) in [6.07, 6.45) is 4.49. The Bertz CT molecular complexity index is 1140. The predicted octanol–water partition coefficient (Wildman–Crippen LogP) is 2.69. The van der Waals surface area contributed by atoms with Crippen molar-refractivity contribution in [3.63, 3.8) is 0 Å². The van der Waals surface area contributed by atoms with Crippen molar-refractivity contribution in [3.8, 4) is 0 Å². The van der Waals surface area contributed by atoms with Crippen LogP contribution in [0.1, 0.15) is 24.0 Å². The fourth-order valence-corrected chi connectivity index (χ4v) is 4.08. The zero-order chi connectivity index (χ0) is 25.3. The number of hydrogen-bond acceptors (Lipinski definition) is 6. The van der Waals surface area contributed by atoms with Crippen LogP contribution in [0.15, 0.2) is 66.7 Å². The third kappa shape index (κ3) is 6.41. The maximum atomic E-state index is 13.1. The second-order valence-electron chi connectivity index (χ2n) is 8.45. The van der Waals surface area contributed by atoms with Gasteiger partial charge in [0.2, 0.25) is 11.8 Å². The van der Waals surface area contributed by atoms with E-state index in [0.29, 0.717) is 18.7 Å². The van der Waals surface area contributed by atoms with E-state index in [-0.39, 0.29) is 25.6 Å². The number of carbonyl (C=O) groups is 4. The average Bonchev–Trinajstić information content (AvgIpc) is 2.90. The highest BCUT2D eigenvalue weighted by molar-refractivity contribution is 6.04. The molecule has 2 N–H and O–H groups in total. The summed E-state index contributed by atoms with van der Waals surface area (Å²) in [5.74, 6) is -0.815. The highest BCUT2D eigenvalue weighted by Gasteiger charge is 2.40. The molecule has 2 aliphatic heterocycles. The minimum Gasteiger partial charge on any atom is -0.443 e. The molecule has 2 heterocycles.